The first kappa shape index (κ1) is 28.3. The first-order valence-electron chi connectivity index (χ1n) is 16.3. The molecule has 1 nitrogen and oxygen atoms in total. The fourth-order valence-electron chi connectivity index (χ4n) is 6.93. The number of benzene rings is 8. The SMILES string of the molecule is c1ccc(-c2ccc(N(c3ccc(-c4cccc5ccc(-c6ccccc6)cc45)cc3)c3cccc4sc5ccccc5c34)cc2)cc1. The molecule has 0 fully saturated rings. The molecular weight excluding hydrogens is 599 g/mol. The number of thiophene rings is 1. The third-order valence-corrected chi connectivity index (χ3v) is 10.4. The Morgan fingerprint density at radius 3 is 1.65 bits per heavy atom. The first-order chi connectivity index (χ1) is 23.8. The predicted molar refractivity (Wildman–Crippen MR) is 208 cm³/mol. The van der Waals surface area contributed by atoms with Gasteiger partial charge in [0.1, 0.15) is 0 Å². The van der Waals surface area contributed by atoms with E-state index in [4.69, 9.17) is 0 Å². The Balaban J connectivity index is 1.18. The van der Waals surface area contributed by atoms with Crippen molar-refractivity contribution in [3.8, 4) is 33.4 Å². The van der Waals surface area contributed by atoms with E-state index < -0.39 is 0 Å². The van der Waals surface area contributed by atoms with Gasteiger partial charge in [0.15, 0.2) is 0 Å². The van der Waals surface area contributed by atoms with Gasteiger partial charge in [-0.25, -0.2) is 0 Å². The average Bonchev–Trinajstić information content (AvgIpc) is 3.55. The highest BCUT2D eigenvalue weighted by atomic mass is 32.1. The molecule has 0 bridgehead atoms. The van der Waals surface area contributed by atoms with Crippen LogP contribution >= 0.6 is 11.3 Å². The normalized spacial score (nSPS) is 11.3. The molecule has 0 spiro atoms. The number of nitrogens with zero attached hydrogens (tertiary/aromatic N) is 1. The summed E-state index contributed by atoms with van der Waals surface area (Å²) < 4.78 is 2.60. The summed E-state index contributed by atoms with van der Waals surface area (Å²) in [6.45, 7) is 0. The zero-order valence-corrected chi connectivity index (χ0v) is 27.1. The number of anilines is 3. The Bertz CT molecular complexity index is 2530. The summed E-state index contributed by atoms with van der Waals surface area (Å²) in [6, 6.07) is 68.1. The molecule has 1 aromatic heterocycles. The molecule has 0 amide bonds. The van der Waals surface area contributed by atoms with Crippen LogP contribution < -0.4 is 4.90 Å². The molecule has 48 heavy (non-hydrogen) atoms. The van der Waals surface area contributed by atoms with E-state index >= 15 is 0 Å². The summed E-state index contributed by atoms with van der Waals surface area (Å²) in [4.78, 5) is 2.41. The molecule has 9 rings (SSSR count). The van der Waals surface area contributed by atoms with Crippen LogP contribution in [0.4, 0.5) is 17.1 Å². The van der Waals surface area contributed by atoms with Crippen LogP contribution in [0.3, 0.4) is 0 Å². The van der Waals surface area contributed by atoms with E-state index in [9.17, 15) is 0 Å². The molecule has 0 aliphatic heterocycles. The van der Waals surface area contributed by atoms with Crippen LogP contribution in [0.25, 0.3) is 64.3 Å². The summed E-state index contributed by atoms with van der Waals surface area (Å²) in [6.07, 6.45) is 0. The summed E-state index contributed by atoms with van der Waals surface area (Å²) in [5, 5.41) is 5.08. The van der Waals surface area contributed by atoms with Crippen molar-refractivity contribution >= 4 is 59.3 Å². The minimum atomic E-state index is 1.12. The molecule has 0 saturated carbocycles. The van der Waals surface area contributed by atoms with Gasteiger partial charge >= 0.3 is 0 Å². The Hall–Kier alpha value is -5.96. The van der Waals surface area contributed by atoms with E-state index in [1.54, 1.807) is 0 Å². The zero-order chi connectivity index (χ0) is 31.9. The second kappa shape index (κ2) is 12.0. The Labute approximate surface area is 284 Å². The average molecular weight is 630 g/mol. The van der Waals surface area contributed by atoms with Crippen LogP contribution in [-0.4, -0.2) is 0 Å². The van der Waals surface area contributed by atoms with Gasteiger partial charge < -0.3 is 4.90 Å². The summed E-state index contributed by atoms with van der Waals surface area (Å²) in [5.41, 5.74) is 10.8. The minimum Gasteiger partial charge on any atom is -0.310 e. The summed E-state index contributed by atoms with van der Waals surface area (Å²) in [7, 11) is 0. The molecule has 0 radical (unpaired) electrons. The van der Waals surface area contributed by atoms with Crippen LogP contribution in [0.1, 0.15) is 0 Å². The van der Waals surface area contributed by atoms with Crippen molar-refractivity contribution in [3.05, 3.63) is 188 Å². The van der Waals surface area contributed by atoms with E-state index in [1.807, 2.05) is 11.3 Å². The third kappa shape index (κ3) is 5.04. The van der Waals surface area contributed by atoms with Gasteiger partial charge in [0, 0.05) is 31.5 Å². The van der Waals surface area contributed by atoms with E-state index in [0.717, 1.165) is 11.4 Å². The number of hydrogen-bond donors (Lipinski definition) is 0. The molecule has 1 heterocycles. The molecule has 0 N–H and O–H groups in total. The van der Waals surface area contributed by atoms with Crippen LogP contribution in [0.5, 0.6) is 0 Å². The van der Waals surface area contributed by atoms with E-state index in [-0.39, 0.29) is 0 Å². The van der Waals surface area contributed by atoms with E-state index in [0.29, 0.717) is 0 Å². The fourth-order valence-corrected chi connectivity index (χ4v) is 8.05. The summed E-state index contributed by atoms with van der Waals surface area (Å²) in [5.74, 6) is 0. The van der Waals surface area contributed by atoms with Gasteiger partial charge in [-0.1, -0.05) is 140 Å². The molecule has 2 heteroatoms. The highest BCUT2D eigenvalue weighted by Gasteiger charge is 2.19. The second-order valence-electron chi connectivity index (χ2n) is 12.2. The standard InChI is InChI=1S/C46H31NS/c1-3-11-32(12-4-1)34-23-27-38(28-24-34)47(43-18-10-20-45-46(43)41-16-7-8-19-44(41)48-45)39-29-25-36(26-30-39)40-17-9-15-35-21-22-37(31-42(35)40)33-13-5-2-6-14-33/h1-31H. The third-order valence-electron chi connectivity index (χ3n) is 9.28. The van der Waals surface area contributed by atoms with Gasteiger partial charge in [-0.2, -0.15) is 0 Å². The molecule has 9 aromatic rings. The lowest BCUT2D eigenvalue weighted by atomic mass is 9.94. The van der Waals surface area contributed by atoms with Crippen molar-refractivity contribution in [2.75, 3.05) is 4.90 Å². The van der Waals surface area contributed by atoms with Gasteiger partial charge in [-0.3, -0.25) is 0 Å². The fraction of sp³-hybridized carbons (Fsp3) is 0. The minimum absolute atomic E-state index is 1.12. The maximum atomic E-state index is 2.41. The monoisotopic (exact) mass is 629 g/mol. The quantitative estimate of drug-likeness (QED) is 0.177. The van der Waals surface area contributed by atoms with Gasteiger partial charge in [0.25, 0.3) is 0 Å². The number of hydrogen-bond acceptors (Lipinski definition) is 2. The largest absolute Gasteiger partial charge is 0.310 e. The molecule has 0 atom stereocenters. The molecule has 0 aliphatic rings. The maximum Gasteiger partial charge on any atom is 0.0554 e. The Morgan fingerprint density at radius 1 is 0.354 bits per heavy atom. The smallest absolute Gasteiger partial charge is 0.0554 e. The van der Waals surface area contributed by atoms with Crippen molar-refractivity contribution in [2.45, 2.75) is 0 Å². The molecule has 226 valence electrons. The Morgan fingerprint density at radius 2 is 0.917 bits per heavy atom. The van der Waals surface area contributed by atoms with Crippen molar-refractivity contribution in [1.82, 2.24) is 0 Å². The molecule has 0 unspecified atom stereocenters. The van der Waals surface area contributed by atoms with Crippen molar-refractivity contribution in [3.63, 3.8) is 0 Å². The van der Waals surface area contributed by atoms with Crippen LogP contribution in [0.15, 0.2) is 188 Å². The number of rotatable bonds is 6. The molecule has 8 aromatic carbocycles. The zero-order valence-electron chi connectivity index (χ0n) is 26.3. The van der Waals surface area contributed by atoms with E-state index in [1.165, 1.54) is 70.0 Å². The van der Waals surface area contributed by atoms with Gasteiger partial charge in [-0.05, 0) is 92.7 Å². The lowest BCUT2D eigenvalue weighted by Crippen LogP contribution is -2.10. The molecule has 0 saturated heterocycles. The van der Waals surface area contributed by atoms with Gasteiger partial charge in [0.05, 0.1) is 5.69 Å². The van der Waals surface area contributed by atoms with Crippen LogP contribution in [0, 0.1) is 0 Å². The van der Waals surface area contributed by atoms with E-state index in [2.05, 4.69) is 193 Å². The van der Waals surface area contributed by atoms with Gasteiger partial charge in [0.2, 0.25) is 0 Å². The van der Waals surface area contributed by atoms with Gasteiger partial charge in [-0.15, -0.1) is 11.3 Å². The van der Waals surface area contributed by atoms with Crippen molar-refractivity contribution in [2.24, 2.45) is 0 Å². The van der Waals surface area contributed by atoms with Crippen LogP contribution in [0.2, 0.25) is 0 Å². The lowest BCUT2D eigenvalue weighted by molar-refractivity contribution is 1.30. The van der Waals surface area contributed by atoms with Crippen molar-refractivity contribution < 1.29 is 0 Å². The predicted octanol–water partition coefficient (Wildman–Crippen LogP) is 13.7. The lowest BCUT2D eigenvalue weighted by Gasteiger charge is -2.27. The summed E-state index contributed by atoms with van der Waals surface area (Å²) >= 11 is 1.86. The number of fused-ring (bicyclic) bond motifs is 4. The highest BCUT2D eigenvalue weighted by molar-refractivity contribution is 7.26. The molecule has 0 aliphatic carbocycles. The topological polar surface area (TPSA) is 3.24 Å². The first-order valence-corrected chi connectivity index (χ1v) is 17.2. The Kier molecular flexibility index (Phi) is 7.07. The maximum absolute atomic E-state index is 2.41. The second-order valence-corrected chi connectivity index (χ2v) is 13.2. The van der Waals surface area contributed by atoms with Crippen LogP contribution in [-0.2, 0) is 0 Å². The molecular formula is C46H31NS. The highest BCUT2D eigenvalue weighted by Crippen LogP contribution is 2.45. The van der Waals surface area contributed by atoms with Crippen molar-refractivity contribution in [1.29, 1.82) is 0 Å².